The van der Waals surface area contributed by atoms with Gasteiger partial charge in [-0.2, -0.15) is 0 Å². The Balaban J connectivity index is 2.28. The van der Waals surface area contributed by atoms with Gasteiger partial charge in [-0.25, -0.2) is 0 Å². The molecule has 0 spiro atoms. The Morgan fingerprint density at radius 2 is 2.35 bits per heavy atom. The molecule has 3 nitrogen and oxygen atoms in total. The molecule has 3 heteroatoms. The first-order valence-electron chi connectivity index (χ1n) is 5.75. The van der Waals surface area contributed by atoms with Crippen LogP contribution in [0.2, 0.25) is 0 Å². The monoisotopic (exact) mass is 228 g/mol. The number of hydrogen-bond donors (Lipinski definition) is 1. The second kappa shape index (κ2) is 4.60. The van der Waals surface area contributed by atoms with Crippen LogP contribution in [-0.4, -0.2) is 18.0 Å². The van der Waals surface area contributed by atoms with Crippen molar-refractivity contribution in [1.82, 2.24) is 0 Å². The molecule has 17 heavy (non-hydrogen) atoms. The van der Waals surface area contributed by atoms with Crippen LogP contribution in [0.15, 0.2) is 24.3 Å². The van der Waals surface area contributed by atoms with E-state index in [0.29, 0.717) is 0 Å². The number of terminal acetylenes is 1. The van der Waals surface area contributed by atoms with Crippen molar-refractivity contribution in [3.8, 4) is 12.3 Å². The third-order valence-electron chi connectivity index (χ3n) is 3.10. The first-order chi connectivity index (χ1) is 8.15. The average molecular weight is 228 g/mol. The van der Waals surface area contributed by atoms with Gasteiger partial charge in [0.05, 0.1) is 6.04 Å². The van der Waals surface area contributed by atoms with Gasteiger partial charge in [0.25, 0.3) is 0 Å². The van der Waals surface area contributed by atoms with Gasteiger partial charge in [-0.05, 0) is 25.0 Å². The van der Waals surface area contributed by atoms with Crippen LogP contribution in [0.5, 0.6) is 0 Å². The lowest BCUT2D eigenvalue weighted by molar-refractivity contribution is -0.120. The Morgan fingerprint density at radius 1 is 1.65 bits per heavy atom. The number of nitrogens with zero attached hydrogens (tertiary/aromatic N) is 1. The Labute approximate surface area is 102 Å². The maximum Gasteiger partial charge on any atom is 0.245 e. The number of carbonyl (C=O) groups is 1. The molecule has 88 valence electrons. The summed E-state index contributed by atoms with van der Waals surface area (Å²) in [4.78, 5) is 14.0. The number of para-hydroxylation sites is 1. The van der Waals surface area contributed by atoms with Crippen molar-refractivity contribution in [2.75, 3.05) is 4.90 Å². The van der Waals surface area contributed by atoms with Crippen molar-refractivity contribution in [2.45, 2.75) is 31.8 Å². The average Bonchev–Trinajstić information content (AvgIpc) is 2.64. The molecule has 0 bridgehead atoms. The fourth-order valence-electron chi connectivity index (χ4n) is 2.29. The van der Waals surface area contributed by atoms with Gasteiger partial charge < -0.3 is 10.6 Å². The molecule has 2 unspecified atom stereocenters. The van der Waals surface area contributed by atoms with E-state index < -0.39 is 6.04 Å². The van der Waals surface area contributed by atoms with E-state index in [4.69, 9.17) is 12.2 Å². The summed E-state index contributed by atoms with van der Waals surface area (Å²) >= 11 is 0. The van der Waals surface area contributed by atoms with Crippen LogP contribution in [0.3, 0.4) is 0 Å². The number of benzene rings is 1. The SMILES string of the molecule is C#CCC(N)C(=O)N1c2ccccc2CC1C. The fraction of sp³-hybridized carbons (Fsp3) is 0.357. The number of hydrogen-bond acceptors (Lipinski definition) is 2. The molecule has 0 saturated carbocycles. The number of rotatable bonds is 2. The van der Waals surface area contributed by atoms with Gasteiger partial charge in [0.15, 0.2) is 0 Å². The largest absolute Gasteiger partial charge is 0.319 e. The van der Waals surface area contributed by atoms with E-state index in [0.717, 1.165) is 12.1 Å². The van der Waals surface area contributed by atoms with Gasteiger partial charge in [-0.15, -0.1) is 12.3 Å². The number of anilines is 1. The fourth-order valence-corrected chi connectivity index (χ4v) is 2.29. The van der Waals surface area contributed by atoms with E-state index in [1.165, 1.54) is 5.56 Å². The van der Waals surface area contributed by atoms with E-state index in [2.05, 4.69) is 5.92 Å². The molecule has 1 heterocycles. The minimum atomic E-state index is -0.603. The van der Waals surface area contributed by atoms with Gasteiger partial charge in [0.2, 0.25) is 5.91 Å². The standard InChI is InChI=1S/C14H16N2O/c1-3-6-12(15)14(17)16-10(2)9-11-7-4-5-8-13(11)16/h1,4-5,7-8,10,12H,6,9,15H2,2H3. The van der Waals surface area contributed by atoms with Gasteiger partial charge >= 0.3 is 0 Å². The normalized spacial score (nSPS) is 19.6. The van der Waals surface area contributed by atoms with Crippen molar-refractivity contribution < 1.29 is 4.79 Å². The predicted molar refractivity (Wildman–Crippen MR) is 68.5 cm³/mol. The van der Waals surface area contributed by atoms with E-state index in [9.17, 15) is 4.79 Å². The number of carbonyl (C=O) groups excluding carboxylic acids is 1. The summed E-state index contributed by atoms with van der Waals surface area (Å²) in [6, 6.07) is 7.48. The molecule has 0 saturated heterocycles. The molecule has 0 radical (unpaired) electrons. The second-order valence-electron chi connectivity index (χ2n) is 4.40. The molecule has 1 aromatic rings. The van der Waals surface area contributed by atoms with Crippen LogP contribution in [0.1, 0.15) is 18.9 Å². The smallest absolute Gasteiger partial charge is 0.245 e. The summed E-state index contributed by atoms with van der Waals surface area (Å²) < 4.78 is 0. The first-order valence-corrected chi connectivity index (χ1v) is 5.75. The highest BCUT2D eigenvalue weighted by molar-refractivity contribution is 5.99. The molecule has 1 aliphatic rings. The highest BCUT2D eigenvalue weighted by Gasteiger charge is 2.32. The molecule has 0 fully saturated rings. The molecule has 0 aromatic heterocycles. The number of fused-ring (bicyclic) bond motifs is 1. The lowest BCUT2D eigenvalue weighted by Gasteiger charge is -2.25. The highest BCUT2D eigenvalue weighted by atomic mass is 16.2. The van der Waals surface area contributed by atoms with Crippen LogP contribution in [-0.2, 0) is 11.2 Å². The van der Waals surface area contributed by atoms with Crippen molar-refractivity contribution in [3.05, 3.63) is 29.8 Å². The van der Waals surface area contributed by atoms with E-state index in [-0.39, 0.29) is 18.4 Å². The van der Waals surface area contributed by atoms with Crippen LogP contribution in [0, 0.1) is 12.3 Å². The third-order valence-corrected chi connectivity index (χ3v) is 3.10. The Morgan fingerprint density at radius 3 is 3.06 bits per heavy atom. The van der Waals surface area contributed by atoms with E-state index in [1.54, 1.807) is 4.90 Å². The zero-order valence-corrected chi connectivity index (χ0v) is 9.89. The molecular weight excluding hydrogens is 212 g/mol. The summed E-state index contributed by atoms with van der Waals surface area (Å²) in [6.07, 6.45) is 6.36. The van der Waals surface area contributed by atoms with Gasteiger partial charge in [-0.1, -0.05) is 18.2 Å². The van der Waals surface area contributed by atoms with Crippen LogP contribution >= 0.6 is 0 Å². The topological polar surface area (TPSA) is 46.3 Å². The Bertz CT molecular complexity index is 475. The summed E-state index contributed by atoms with van der Waals surface area (Å²) in [5.41, 5.74) is 7.96. The quantitative estimate of drug-likeness (QED) is 0.776. The molecule has 1 amide bonds. The molecular formula is C14H16N2O. The molecule has 1 aromatic carbocycles. The Kier molecular flexibility index (Phi) is 3.16. The zero-order valence-electron chi connectivity index (χ0n) is 9.89. The molecule has 1 aliphatic heterocycles. The van der Waals surface area contributed by atoms with Crippen LogP contribution in [0.4, 0.5) is 5.69 Å². The summed E-state index contributed by atoms with van der Waals surface area (Å²) in [5.74, 6) is 2.36. The van der Waals surface area contributed by atoms with Crippen molar-refractivity contribution in [3.63, 3.8) is 0 Å². The minimum Gasteiger partial charge on any atom is -0.319 e. The molecule has 0 aliphatic carbocycles. The second-order valence-corrected chi connectivity index (χ2v) is 4.40. The van der Waals surface area contributed by atoms with Crippen LogP contribution in [0.25, 0.3) is 0 Å². The van der Waals surface area contributed by atoms with Crippen molar-refractivity contribution in [2.24, 2.45) is 5.73 Å². The van der Waals surface area contributed by atoms with E-state index in [1.807, 2.05) is 31.2 Å². The predicted octanol–water partition coefficient (Wildman–Crippen LogP) is 1.31. The summed E-state index contributed by atoms with van der Waals surface area (Å²) in [5, 5.41) is 0. The van der Waals surface area contributed by atoms with Gasteiger partial charge in [-0.3, -0.25) is 4.79 Å². The summed E-state index contributed by atoms with van der Waals surface area (Å²) in [6.45, 7) is 2.03. The Hall–Kier alpha value is -1.79. The number of amides is 1. The lowest BCUT2D eigenvalue weighted by Crippen LogP contribution is -2.46. The van der Waals surface area contributed by atoms with Crippen molar-refractivity contribution >= 4 is 11.6 Å². The van der Waals surface area contributed by atoms with Gasteiger partial charge in [0.1, 0.15) is 0 Å². The highest BCUT2D eigenvalue weighted by Crippen LogP contribution is 2.32. The maximum absolute atomic E-state index is 12.2. The molecule has 2 rings (SSSR count). The van der Waals surface area contributed by atoms with Crippen LogP contribution < -0.4 is 10.6 Å². The first kappa shape index (κ1) is 11.7. The maximum atomic E-state index is 12.2. The lowest BCUT2D eigenvalue weighted by atomic mass is 10.1. The number of nitrogens with two attached hydrogens (primary N) is 1. The molecule has 2 atom stereocenters. The minimum absolute atomic E-state index is 0.0830. The third kappa shape index (κ3) is 2.04. The van der Waals surface area contributed by atoms with Crippen molar-refractivity contribution in [1.29, 1.82) is 0 Å². The van der Waals surface area contributed by atoms with Gasteiger partial charge in [0, 0.05) is 18.2 Å². The zero-order chi connectivity index (χ0) is 12.4. The van der Waals surface area contributed by atoms with E-state index >= 15 is 0 Å². The summed E-state index contributed by atoms with van der Waals surface area (Å²) in [7, 11) is 0. The molecule has 2 N–H and O–H groups in total.